The Morgan fingerprint density at radius 3 is 2.42 bits per heavy atom. The summed E-state index contributed by atoms with van der Waals surface area (Å²) >= 11 is 0. The summed E-state index contributed by atoms with van der Waals surface area (Å²) in [7, 11) is 5.01. The van der Waals surface area contributed by atoms with Gasteiger partial charge in [-0.2, -0.15) is 15.1 Å². The minimum absolute atomic E-state index is 0.468. The second kappa shape index (κ2) is 6.03. The van der Waals surface area contributed by atoms with Crippen molar-refractivity contribution in [3.05, 3.63) is 24.0 Å². The number of ether oxygens (including phenoxy) is 2. The van der Waals surface area contributed by atoms with Gasteiger partial charge in [0.1, 0.15) is 0 Å². The predicted molar refractivity (Wildman–Crippen MR) is 70.5 cm³/mol. The molecular formula is C12H17N5O2. The first-order valence-corrected chi connectivity index (χ1v) is 5.89. The van der Waals surface area contributed by atoms with Crippen molar-refractivity contribution >= 4 is 5.95 Å². The molecule has 0 saturated heterocycles. The van der Waals surface area contributed by atoms with Crippen LogP contribution in [0.2, 0.25) is 0 Å². The van der Waals surface area contributed by atoms with Crippen LogP contribution in [0.4, 0.5) is 5.95 Å². The third-order valence-electron chi connectivity index (χ3n) is 2.55. The molecule has 7 nitrogen and oxygen atoms in total. The third kappa shape index (κ3) is 3.57. The van der Waals surface area contributed by atoms with Gasteiger partial charge in [0.05, 0.1) is 26.5 Å². The van der Waals surface area contributed by atoms with Gasteiger partial charge in [-0.15, -0.1) is 0 Å². The van der Waals surface area contributed by atoms with Crippen LogP contribution in [0.15, 0.2) is 18.5 Å². The lowest BCUT2D eigenvalue weighted by Gasteiger charge is -2.07. The average Bonchev–Trinajstić information content (AvgIpc) is 2.84. The Balaban J connectivity index is 1.95. The highest BCUT2D eigenvalue weighted by atomic mass is 16.5. The van der Waals surface area contributed by atoms with Crippen LogP contribution in [0, 0.1) is 0 Å². The number of aryl methyl sites for hydroxylation is 1. The van der Waals surface area contributed by atoms with E-state index in [0.717, 1.165) is 12.0 Å². The maximum absolute atomic E-state index is 5.08. The number of anilines is 1. The second-order valence-corrected chi connectivity index (χ2v) is 3.98. The van der Waals surface area contributed by atoms with Crippen molar-refractivity contribution in [2.45, 2.75) is 6.42 Å². The zero-order valence-electron chi connectivity index (χ0n) is 11.3. The van der Waals surface area contributed by atoms with Crippen molar-refractivity contribution in [1.29, 1.82) is 0 Å². The van der Waals surface area contributed by atoms with Crippen LogP contribution in [0.1, 0.15) is 5.56 Å². The average molecular weight is 263 g/mol. The Labute approximate surface area is 111 Å². The highest BCUT2D eigenvalue weighted by Crippen LogP contribution is 2.17. The van der Waals surface area contributed by atoms with E-state index in [9.17, 15) is 0 Å². The van der Waals surface area contributed by atoms with Gasteiger partial charge in [-0.05, 0) is 12.0 Å². The van der Waals surface area contributed by atoms with Crippen molar-refractivity contribution in [3.63, 3.8) is 0 Å². The molecule has 0 aliphatic carbocycles. The van der Waals surface area contributed by atoms with E-state index in [-0.39, 0.29) is 0 Å². The Bertz CT molecular complexity index is 518. The number of nitrogens with zero attached hydrogens (tertiary/aromatic N) is 4. The molecule has 2 aromatic heterocycles. The van der Waals surface area contributed by atoms with Crippen LogP contribution in [-0.2, 0) is 13.5 Å². The maximum Gasteiger partial charge on any atom is 0.229 e. The van der Waals surface area contributed by atoms with E-state index >= 15 is 0 Å². The third-order valence-corrected chi connectivity index (χ3v) is 2.55. The lowest BCUT2D eigenvalue weighted by Crippen LogP contribution is -2.08. The fourth-order valence-corrected chi connectivity index (χ4v) is 1.61. The van der Waals surface area contributed by atoms with Crippen LogP contribution in [0.25, 0.3) is 0 Å². The summed E-state index contributed by atoms with van der Waals surface area (Å²) < 4.78 is 11.9. The molecule has 0 fully saturated rings. The summed E-state index contributed by atoms with van der Waals surface area (Å²) in [6.45, 7) is 0.710. The molecule has 0 unspecified atom stereocenters. The molecule has 0 aliphatic rings. The molecule has 0 radical (unpaired) electrons. The van der Waals surface area contributed by atoms with E-state index < -0.39 is 0 Å². The van der Waals surface area contributed by atoms with E-state index in [1.165, 1.54) is 0 Å². The van der Waals surface area contributed by atoms with Crippen LogP contribution in [-0.4, -0.2) is 40.5 Å². The molecule has 102 valence electrons. The predicted octanol–water partition coefficient (Wildman–Crippen LogP) is 0.882. The molecule has 19 heavy (non-hydrogen) atoms. The van der Waals surface area contributed by atoms with Gasteiger partial charge < -0.3 is 14.8 Å². The first-order chi connectivity index (χ1) is 9.21. The SMILES string of the molecule is COc1cc(OC)nc(NCCc2cnn(C)c2)n1. The molecule has 7 heteroatoms. The topological polar surface area (TPSA) is 74.1 Å². The largest absolute Gasteiger partial charge is 0.481 e. The van der Waals surface area contributed by atoms with Gasteiger partial charge in [0.25, 0.3) is 0 Å². The fourth-order valence-electron chi connectivity index (χ4n) is 1.61. The van der Waals surface area contributed by atoms with Crippen molar-refractivity contribution in [3.8, 4) is 11.8 Å². The van der Waals surface area contributed by atoms with Crippen molar-refractivity contribution in [1.82, 2.24) is 19.7 Å². The maximum atomic E-state index is 5.08. The summed E-state index contributed by atoms with van der Waals surface area (Å²) in [6.07, 6.45) is 4.67. The lowest BCUT2D eigenvalue weighted by atomic mass is 10.2. The second-order valence-electron chi connectivity index (χ2n) is 3.98. The zero-order valence-corrected chi connectivity index (χ0v) is 11.3. The number of hydrogen-bond acceptors (Lipinski definition) is 6. The van der Waals surface area contributed by atoms with Gasteiger partial charge >= 0.3 is 0 Å². The monoisotopic (exact) mass is 263 g/mol. The number of rotatable bonds is 6. The summed E-state index contributed by atoms with van der Waals surface area (Å²) in [5.41, 5.74) is 1.16. The zero-order chi connectivity index (χ0) is 13.7. The van der Waals surface area contributed by atoms with Crippen molar-refractivity contribution in [2.24, 2.45) is 7.05 Å². The normalized spacial score (nSPS) is 10.3. The van der Waals surface area contributed by atoms with Crippen LogP contribution in [0.5, 0.6) is 11.8 Å². The number of methoxy groups -OCH3 is 2. The van der Waals surface area contributed by atoms with Gasteiger partial charge in [-0.1, -0.05) is 0 Å². The van der Waals surface area contributed by atoms with Crippen molar-refractivity contribution in [2.75, 3.05) is 26.1 Å². The lowest BCUT2D eigenvalue weighted by molar-refractivity contribution is 0.373. The first kappa shape index (κ1) is 13.1. The molecule has 1 N–H and O–H groups in total. The van der Waals surface area contributed by atoms with Gasteiger partial charge in [0.15, 0.2) is 0 Å². The van der Waals surface area contributed by atoms with Gasteiger partial charge in [-0.25, -0.2) is 0 Å². The molecule has 0 aromatic carbocycles. The minimum atomic E-state index is 0.468. The Kier molecular flexibility index (Phi) is 4.17. The molecule has 0 spiro atoms. The molecule has 0 aliphatic heterocycles. The van der Waals surface area contributed by atoms with E-state index in [4.69, 9.17) is 9.47 Å². The van der Waals surface area contributed by atoms with Crippen LogP contribution in [0.3, 0.4) is 0 Å². The van der Waals surface area contributed by atoms with Gasteiger partial charge in [-0.3, -0.25) is 4.68 Å². The molecule has 2 heterocycles. The van der Waals surface area contributed by atoms with E-state index in [1.54, 1.807) is 25.0 Å². The molecule has 0 saturated carbocycles. The summed E-state index contributed by atoms with van der Waals surface area (Å²) in [5.74, 6) is 1.42. The fraction of sp³-hybridized carbons (Fsp3) is 0.417. The quantitative estimate of drug-likeness (QED) is 0.834. The molecular weight excluding hydrogens is 246 g/mol. The van der Waals surface area contributed by atoms with E-state index in [0.29, 0.717) is 24.3 Å². The highest BCUT2D eigenvalue weighted by Gasteiger charge is 2.05. The van der Waals surface area contributed by atoms with Gasteiger partial charge in [0, 0.05) is 19.8 Å². The summed E-state index contributed by atoms with van der Waals surface area (Å²) in [5, 5.41) is 7.25. The van der Waals surface area contributed by atoms with E-state index in [2.05, 4.69) is 20.4 Å². The molecule has 2 rings (SSSR count). The molecule has 2 aromatic rings. The van der Waals surface area contributed by atoms with Crippen LogP contribution >= 0.6 is 0 Å². The van der Waals surface area contributed by atoms with Crippen molar-refractivity contribution < 1.29 is 9.47 Å². The molecule has 0 amide bonds. The van der Waals surface area contributed by atoms with Gasteiger partial charge in [0.2, 0.25) is 17.7 Å². The standard InChI is InChI=1S/C12H17N5O2/c1-17-8-9(7-14-17)4-5-13-12-15-10(18-2)6-11(16-12)19-3/h6-8H,4-5H2,1-3H3,(H,13,15,16). The Morgan fingerprint density at radius 2 is 1.89 bits per heavy atom. The molecule has 0 atom stereocenters. The minimum Gasteiger partial charge on any atom is -0.481 e. The summed E-state index contributed by atoms with van der Waals surface area (Å²) in [4.78, 5) is 8.38. The number of aromatic nitrogens is 4. The first-order valence-electron chi connectivity index (χ1n) is 5.89. The summed E-state index contributed by atoms with van der Waals surface area (Å²) in [6, 6.07) is 1.63. The Morgan fingerprint density at radius 1 is 1.21 bits per heavy atom. The molecule has 0 bridgehead atoms. The van der Waals surface area contributed by atoms with Crippen LogP contribution < -0.4 is 14.8 Å². The number of nitrogens with one attached hydrogen (secondary N) is 1. The highest BCUT2D eigenvalue weighted by molar-refractivity contribution is 5.33. The smallest absolute Gasteiger partial charge is 0.229 e. The number of hydrogen-bond donors (Lipinski definition) is 1. The Hall–Kier alpha value is -2.31. The van der Waals surface area contributed by atoms with E-state index in [1.807, 2.05) is 19.4 Å².